The van der Waals surface area contributed by atoms with Gasteiger partial charge in [0.05, 0.1) is 6.20 Å². The average molecular weight is 583 g/mol. The van der Waals surface area contributed by atoms with Gasteiger partial charge in [-0.15, -0.1) is 0 Å². The lowest BCUT2D eigenvalue weighted by molar-refractivity contribution is 0.109. The van der Waals surface area contributed by atoms with Crippen molar-refractivity contribution in [2.75, 3.05) is 32.4 Å². The summed E-state index contributed by atoms with van der Waals surface area (Å²) in [6.07, 6.45) is 8.36. The van der Waals surface area contributed by atoms with Gasteiger partial charge in [-0.3, -0.25) is 4.79 Å². The third-order valence-electron chi connectivity index (χ3n) is 9.16. The van der Waals surface area contributed by atoms with Crippen LogP contribution in [-0.2, 0) is 16.5 Å². The summed E-state index contributed by atoms with van der Waals surface area (Å²) in [5, 5.41) is 8.19. The Balaban J connectivity index is 1.28. The first-order valence-corrected chi connectivity index (χ1v) is 16.8. The molecule has 2 atom stereocenters. The number of pyridine rings is 1. The molecule has 3 aliphatic heterocycles. The zero-order valence-electron chi connectivity index (χ0n) is 25.2. The number of rotatable bonds is 8. The van der Waals surface area contributed by atoms with Crippen molar-refractivity contribution in [3.05, 3.63) is 57.3 Å². The summed E-state index contributed by atoms with van der Waals surface area (Å²) in [6.45, 7) is 16.6. The Labute approximate surface area is 244 Å². The Morgan fingerprint density at radius 2 is 1.88 bits per heavy atom. The quantitative estimate of drug-likeness (QED) is 0.426. The minimum atomic E-state index is -2.61. The maximum Gasteiger partial charge on any atom is 0.253 e. The SMILES string of the molecule is C=C(NCc1c(C)cc(C)[nH]c1=O)C1CC(C2CCN(C3CCN(S(C)(=N)=O)CC3)CC2)=Nc2c1cnn2C(C)C. The van der Waals surface area contributed by atoms with E-state index >= 15 is 0 Å². The Hall–Kier alpha value is -2.76. The van der Waals surface area contributed by atoms with E-state index in [1.165, 1.54) is 12.0 Å². The molecule has 2 fully saturated rings. The number of hydrogen-bond acceptors (Lipinski definition) is 7. The van der Waals surface area contributed by atoms with Gasteiger partial charge in [0.1, 0.15) is 9.92 Å². The summed E-state index contributed by atoms with van der Waals surface area (Å²) in [4.78, 5) is 23.3. The lowest BCUT2D eigenvalue weighted by Gasteiger charge is -2.42. The number of aliphatic imine (C=N–C) groups is 1. The molecule has 3 aliphatic rings. The van der Waals surface area contributed by atoms with Gasteiger partial charge in [-0.1, -0.05) is 6.58 Å². The number of hydrogen-bond donors (Lipinski definition) is 3. The third kappa shape index (κ3) is 6.36. The van der Waals surface area contributed by atoms with Crippen molar-refractivity contribution < 1.29 is 4.21 Å². The first-order chi connectivity index (χ1) is 19.4. The van der Waals surface area contributed by atoms with Crippen LogP contribution in [-0.4, -0.2) is 72.4 Å². The van der Waals surface area contributed by atoms with Gasteiger partial charge in [0.15, 0.2) is 5.82 Å². The van der Waals surface area contributed by atoms with E-state index < -0.39 is 9.92 Å². The van der Waals surface area contributed by atoms with Crippen LogP contribution in [0.2, 0.25) is 0 Å². The highest BCUT2D eigenvalue weighted by Crippen LogP contribution is 2.41. The van der Waals surface area contributed by atoms with Crippen molar-refractivity contribution >= 4 is 21.4 Å². The Kier molecular flexibility index (Phi) is 8.59. The number of piperidine rings is 2. The van der Waals surface area contributed by atoms with Crippen LogP contribution in [0.4, 0.5) is 5.82 Å². The molecule has 0 saturated carbocycles. The molecule has 2 aromatic rings. The zero-order valence-corrected chi connectivity index (χ0v) is 26.0. The number of nitrogens with one attached hydrogen (secondary N) is 3. The van der Waals surface area contributed by atoms with E-state index in [9.17, 15) is 9.00 Å². The topological polar surface area (TPSA) is 122 Å². The molecule has 5 rings (SSSR count). The van der Waals surface area contributed by atoms with Crippen LogP contribution < -0.4 is 10.9 Å². The summed E-state index contributed by atoms with van der Waals surface area (Å²) in [7, 11) is -2.61. The van der Waals surface area contributed by atoms with Crippen molar-refractivity contribution in [3.63, 3.8) is 0 Å². The second kappa shape index (κ2) is 11.9. The summed E-state index contributed by atoms with van der Waals surface area (Å²) < 4.78 is 23.9. The molecule has 3 N–H and O–H groups in total. The van der Waals surface area contributed by atoms with Crippen LogP contribution in [0.25, 0.3) is 0 Å². The number of H-pyrrole nitrogens is 1. The van der Waals surface area contributed by atoms with Gasteiger partial charge in [-0.25, -0.2) is 23.0 Å². The molecule has 5 heterocycles. The molecule has 11 heteroatoms. The van der Waals surface area contributed by atoms with Gasteiger partial charge in [-0.05, 0) is 90.4 Å². The van der Waals surface area contributed by atoms with Crippen LogP contribution >= 0.6 is 0 Å². The van der Waals surface area contributed by atoms with Gasteiger partial charge in [0.25, 0.3) is 5.56 Å². The van der Waals surface area contributed by atoms with E-state index in [1.54, 1.807) is 0 Å². The standard InChI is InChI=1S/C30H46N8O2S/c1-19(2)38-29-27(18-33-38)25(22(5)32-17-26-20(3)15-21(4)34-30(26)39)16-28(35-29)23-7-11-36(12-8-23)24-9-13-37(14-10-24)41(6,31)40/h15,18-19,23-25,31-32H,5,7-14,16-17H2,1-4,6H3,(H,34,39). The van der Waals surface area contributed by atoms with Crippen molar-refractivity contribution in [3.8, 4) is 0 Å². The Morgan fingerprint density at radius 3 is 2.49 bits per heavy atom. The highest BCUT2D eigenvalue weighted by molar-refractivity contribution is 7.89. The molecule has 0 aliphatic carbocycles. The largest absolute Gasteiger partial charge is 0.384 e. The van der Waals surface area contributed by atoms with E-state index in [0.29, 0.717) is 18.5 Å². The average Bonchev–Trinajstić information content (AvgIpc) is 3.36. The molecule has 2 aromatic heterocycles. The normalized spacial score (nSPS) is 22.8. The van der Waals surface area contributed by atoms with Crippen LogP contribution in [0, 0.1) is 24.5 Å². The number of nitrogens with zero attached hydrogens (tertiary/aromatic N) is 5. The molecular formula is C30H46N8O2S. The van der Waals surface area contributed by atoms with Crippen molar-refractivity contribution in [2.24, 2.45) is 10.9 Å². The predicted molar refractivity (Wildman–Crippen MR) is 165 cm³/mol. The highest BCUT2D eigenvalue weighted by Gasteiger charge is 2.35. The molecule has 0 bridgehead atoms. The Bertz CT molecular complexity index is 1470. The summed E-state index contributed by atoms with van der Waals surface area (Å²) in [6, 6.07) is 2.71. The second-order valence-electron chi connectivity index (χ2n) is 12.4. The van der Waals surface area contributed by atoms with E-state index in [-0.39, 0.29) is 17.5 Å². The Morgan fingerprint density at radius 1 is 1.20 bits per heavy atom. The van der Waals surface area contributed by atoms with E-state index in [4.69, 9.17) is 14.9 Å². The van der Waals surface area contributed by atoms with Crippen molar-refractivity contribution in [2.45, 2.75) is 84.3 Å². The molecule has 0 amide bonds. The maximum absolute atomic E-state index is 12.6. The molecule has 10 nitrogen and oxygen atoms in total. The smallest absolute Gasteiger partial charge is 0.253 e. The third-order valence-corrected chi connectivity index (χ3v) is 10.5. The second-order valence-corrected chi connectivity index (χ2v) is 14.5. The fraction of sp³-hybridized carbons (Fsp3) is 0.633. The van der Waals surface area contributed by atoms with Gasteiger partial charge in [0.2, 0.25) is 0 Å². The molecule has 0 radical (unpaired) electrons. The number of aromatic nitrogens is 3. The molecule has 0 spiro atoms. The number of aromatic amines is 1. The fourth-order valence-electron chi connectivity index (χ4n) is 6.76. The van der Waals surface area contributed by atoms with Crippen LogP contribution in [0.5, 0.6) is 0 Å². The van der Waals surface area contributed by atoms with Gasteiger partial charge >= 0.3 is 0 Å². The van der Waals surface area contributed by atoms with Crippen LogP contribution in [0.1, 0.15) is 80.3 Å². The fourth-order valence-corrected chi connectivity index (χ4v) is 7.67. The van der Waals surface area contributed by atoms with Crippen LogP contribution in [0.3, 0.4) is 0 Å². The van der Waals surface area contributed by atoms with E-state index in [0.717, 1.165) is 92.2 Å². The molecular weight excluding hydrogens is 536 g/mol. The van der Waals surface area contributed by atoms with Crippen molar-refractivity contribution in [1.29, 1.82) is 4.78 Å². The summed E-state index contributed by atoms with van der Waals surface area (Å²) >= 11 is 0. The van der Waals surface area contributed by atoms with Gasteiger partial charge < -0.3 is 15.2 Å². The van der Waals surface area contributed by atoms with E-state index in [1.807, 2.05) is 35.1 Å². The van der Waals surface area contributed by atoms with E-state index in [2.05, 4.69) is 35.6 Å². The van der Waals surface area contributed by atoms with Crippen molar-refractivity contribution in [1.82, 2.24) is 29.3 Å². The highest BCUT2D eigenvalue weighted by atomic mass is 32.2. The van der Waals surface area contributed by atoms with Gasteiger partial charge in [0, 0.05) is 72.1 Å². The van der Waals surface area contributed by atoms with Crippen LogP contribution in [0.15, 0.2) is 34.3 Å². The maximum atomic E-state index is 12.6. The minimum absolute atomic E-state index is 0.0472. The summed E-state index contributed by atoms with van der Waals surface area (Å²) in [5.74, 6) is 1.40. The lowest BCUT2D eigenvalue weighted by Crippen LogP contribution is -2.49. The minimum Gasteiger partial charge on any atom is -0.384 e. The summed E-state index contributed by atoms with van der Waals surface area (Å²) in [5.41, 5.74) is 5.75. The first kappa shape index (κ1) is 29.7. The molecule has 2 unspecified atom stereocenters. The zero-order chi connectivity index (χ0) is 29.5. The number of aryl methyl sites for hydroxylation is 2. The van der Waals surface area contributed by atoms with Gasteiger partial charge in [-0.2, -0.15) is 5.10 Å². The number of fused-ring (bicyclic) bond motifs is 1. The number of likely N-dealkylation sites (tertiary alicyclic amines) is 1. The molecule has 224 valence electrons. The number of allylic oxidation sites excluding steroid dienone is 1. The first-order valence-electron chi connectivity index (χ1n) is 14.9. The predicted octanol–water partition coefficient (Wildman–Crippen LogP) is 4.40. The monoisotopic (exact) mass is 582 g/mol. The molecule has 2 saturated heterocycles. The molecule has 0 aromatic carbocycles. The molecule has 41 heavy (non-hydrogen) atoms. The lowest BCUT2D eigenvalue weighted by atomic mass is 9.81.